The summed E-state index contributed by atoms with van der Waals surface area (Å²) in [7, 11) is 1.54. The summed E-state index contributed by atoms with van der Waals surface area (Å²) in [4.78, 5) is 33.2. The minimum atomic E-state index is -1.23. The molecule has 4 aromatic rings. The lowest BCUT2D eigenvalue weighted by Crippen LogP contribution is -2.69. The number of hydrogen-bond acceptors (Lipinski definition) is 13. The zero-order valence-corrected chi connectivity index (χ0v) is 30.5. The third-order valence-electron chi connectivity index (χ3n) is 12.1. The van der Waals surface area contributed by atoms with E-state index in [0.717, 1.165) is 45.3 Å². The number of phenols is 1. The van der Waals surface area contributed by atoms with E-state index in [1.54, 1.807) is 7.11 Å². The topological polar surface area (TPSA) is 164 Å². The molecule has 2 saturated heterocycles. The van der Waals surface area contributed by atoms with E-state index in [-0.39, 0.29) is 24.9 Å². The van der Waals surface area contributed by atoms with E-state index in [1.165, 1.54) is 18.7 Å². The van der Waals surface area contributed by atoms with Crippen molar-refractivity contribution < 1.29 is 43.5 Å². The van der Waals surface area contributed by atoms with Gasteiger partial charge in [0.05, 0.1) is 36.2 Å². The van der Waals surface area contributed by atoms with Gasteiger partial charge < -0.3 is 44.2 Å². The van der Waals surface area contributed by atoms with Gasteiger partial charge in [0.25, 0.3) is 0 Å². The number of esters is 2. The van der Waals surface area contributed by atoms with Crippen LogP contribution in [0.4, 0.5) is 0 Å². The maximum absolute atomic E-state index is 14.7. The van der Waals surface area contributed by atoms with Gasteiger partial charge in [-0.05, 0) is 49.4 Å². The second-order valence-corrected chi connectivity index (χ2v) is 16.0. The van der Waals surface area contributed by atoms with E-state index in [9.17, 15) is 19.8 Å². The Labute approximate surface area is 309 Å². The average Bonchev–Trinajstić information content (AvgIpc) is 3.79. The maximum Gasteiger partial charge on any atom is 0.333 e. The molecule has 8 heterocycles. The number of phenolic OH excluding ortho intramolecular Hbond substituents is 1. The Morgan fingerprint density at radius 2 is 1.91 bits per heavy atom. The summed E-state index contributed by atoms with van der Waals surface area (Å²) in [5, 5.41) is 32.1. The quantitative estimate of drug-likeness (QED) is 0.149. The lowest BCUT2D eigenvalue weighted by atomic mass is 9.74. The number of aliphatic hydroxyl groups excluding tert-OH is 1. The molecule has 1 unspecified atom stereocenters. The molecule has 7 aliphatic rings. The second-order valence-electron chi connectivity index (χ2n) is 14.8. The Balaban J connectivity index is 1.23. The van der Waals surface area contributed by atoms with Crippen LogP contribution in [0, 0.1) is 13.8 Å². The summed E-state index contributed by atoms with van der Waals surface area (Å²) >= 11 is 1.53. The molecule has 4 bridgehead atoms. The summed E-state index contributed by atoms with van der Waals surface area (Å²) in [5.74, 6) is 1.07. The molecule has 0 saturated carbocycles. The van der Waals surface area contributed by atoms with Gasteiger partial charge in [-0.25, -0.2) is 4.79 Å². The van der Waals surface area contributed by atoms with Gasteiger partial charge in [0, 0.05) is 58.4 Å². The molecular formula is C39H40N4O9S. The van der Waals surface area contributed by atoms with Crippen molar-refractivity contribution in [3.05, 3.63) is 75.0 Å². The lowest BCUT2D eigenvalue weighted by Gasteiger charge is -2.59. The van der Waals surface area contributed by atoms with E-state index in [1.807, 2.05) is 43.0 Å². The molecule has 0 amide bonds. The molecule has 11 rings (SSSR count). The maximum atomic E-state index is 14.7. The van der Waals surface area contributed by atoms with Crippen molar-refractivity contribution in [3.63, 3.8) is 0 Å². The number of aromatic nitrogens is 1. The van der Waals surface area contributed by atoms with E-state index >= 15 is 0 Å². The van der Waals surface area contributed by atoms with Crippen molar-refractivity contribution in [2.24, 2.45) is 0 Å². The van der Waals surface area contributed by atoms with E-state index in [2.05, 4.69) is 21.7 Å². The highest BCUT2D eigenvalue weighted by Crippen LogP contribution is 2.63. The standard InChI is InChI=1S/C39H40N4O9S/c1-16-11-19-12-23-37(46)43-24-13-49-38(47)39(36-21(9-10-40-39)20-7-5-6-8-22(20)42-36)14-53-35(29(43)28(41-23)25(19)30(45)31(16)48-4)27-26(24)34-33(50-15-51-34)17(2)32(27)52-18(3)44/h5-8,11,23-24,28-29,35,37,40-42,45-46H,9-10,12-15H2,1-4H3/t23-,24-,28+,29?,35+,37-,39+/m0/s1. The second kappa shape index (κ2) is 11.8. The average molecular weight is 741 g/mol. The number of para-hydroxylation sites is 1. The largest absolute Gasteiger partial charge is 0.504 e. The third kappa shape index (κ3) is 4.47. The number of aryl methyl sites for hydroxylation is 1. The number of rotatable bonds is 2. The molecule has 13 nitrogen and oxygen atoms in total. The SMILES string of the molecule is COc1c(C)cc2c(c1O)[C@H]1N[C@@H](C2)[C@H](O)N2C1[C@@H]1SC[C@]3(NCCc4c3[nH]c3ccccc43)C(=O)OC[C@H]2c2c3c(c(C)c(OC(C)=O)c21)OCO3. The highest BCUT2D eigenvalue weighted by molar-refractivity contribution is 7.99. The molecule has 7 atom stereocenters. The molecule has 3 aromatic carbocycles. The number of piperazine rings is 1. The predicted molar refractivity (Wildman–Crippen MR) is 194 cm³/mol. The number of benzene rings is 3. The Hall–Kier alpha value is -4.47. The molecule has 53 heavy (non-hydrogen) atoms. The fourth-order valence-corrected chi connectivity index (χ4v) is 11.7. The van der Waals surface area contributed by atoms with Crippen molar-refractivity contribution in [1.29, 1.82) is 0 Å². The number of carbonyl (C=O) groups excluding carboxylic acids is 2. The number of nitrogens with zero attached hydrogens (tertiary/aromatic N) is 1. The van der Waals surface area contributed by atoms with Gasteiger partial charge in [-0.2, -0.15) is 0 Å². The molecule has 276 valence electrons. The van der Waals surface area contributed by atoms with Crippen LogP contribution >= 0.6 is 11.8 Å². The van der Waals surface area contributed by atoms with E-state index < -0.39 is 53.1 Å². The number of aromatic amines is 1. The fourth-order valence-electron chi connectivity index (χ4n) is 10.0. The van der Waals surface area contributed by atoms with E-state index in [4.69, 9.17) is 23.7 Å². The first-order valence-corrected chi connectivity index (χ1v) is 19.1. The molecule has 5 N–H and O–H groups in total. The lowest BCUT2D eigenvalue weighted by molar-refractivity contribution is -0.164. The monoisotopic (exact) mass is 740 g/mol. The van der Waals surface area contributed by atoms with Crippen LogP contribution in [0.15, 0.2) is 30.3 Å². The van der Waals surface area contributed by atoms with Crippen LogP contribution in [0.25, 0.3) is 10.9 Å². The van der Waals surface area contributed by atoms with Gasteiger partial charge in [0.1, 0.15) is 18.6 Å². The molecule has 0 aliphatic carbocycles. The summed E-state index contributed by atoms with van der Waals surface area (Å²) in [6.45, 7) is 5.51. The highest BCUT2D eigenvalue weighted by Gasteiger charge is 2.60. The minimum absolute atomic E-state index is 0.0359. The summed E-state index contributed by atoms with van der Waals surface area (Å²) in [5.41, 5.74) is 5.98. The van der Waals surface area contributed by atoms with Gasteiger partial charge in [-0.1, -0.05) is 24.3 Å². The van der Waals surface area contributed by atoms with Crippen LogP contribution in [0.3, 0.4) is 0 Å². The van der Waals surface area contributed by atoms with Gasteiger partial charge in [0.2, 0.25) is 6.79 Å². The molecule has 0 radical (unpaired) electrons. The number of ether oxygens (including phenoxy) is 5. The number of thioether (sulfide) groups is 1. The van der Waals surface area contributed by atoms with Crippen LogP contribution in [-0.4, -0.2) is 83.2 Å². The zero-order valence-electron chi connectivity index (χ0n) is 29.7. The molecule has 2 fully saturated rings. The summed E-state index contributed by atoms with van der Waals surface area (Å²) in [6.07, 6.45) is 0.166. The number of nitrogens with one attached hydrogen (secondary N) is 3. The summed E-state index contributed by atoms with van der Waals surface area (Å²) in [6, 6.07) is 7.92. The van der Waals surface area contributed by atoms with Gasteiger partial charge in [-0.15, -0.1) is 11.8 Å². The van der Waals surface area contributed by atoms with Crippen molar-refractivity contribution in [2.75, 3.05) is 32.8 Å². The molecular weight excluding hydrogens is 701 g/mol. The Bertz CT molecular complexity index is 2260. The summed E-state index contributed by atoms with van der Waals surface area (Å²) < 4.78 is 30.4. The molecule has 1 aromatic heterocycles. The van der Waals surface area contributed by atoms with Crippen LogP contribution in [0.2, 0.25) is 0 Å². The highest BCUT2D eigenvalue weighted by atomic mass is 32.2. The van der Waals surface area contributed by atoms with Crippen LogP contribution in [0.1, 0.15) is 68.9 Å². The van der Waals surface area contributed by atoms with Crippen molar-refractivity contribution >= 4 is 34.6 Å². The first kappa shape index (κ1) is 33.1. The van der Waals surface area contributed by atoms with Crippen molar-refractivity contribution in [3.8, 4) is 28.7 Å². The number of aromatic hydroxyl groups is 1. The first-order valence-electron chi connectivity index (χ1n) is 18.0. The Kier molecular flexibility index (Phi) is 7.35. The molecule has 1 spiro atoms. The number of aliphatic hydroxyl groups is 1. The third-order valence-corrected chi connectivity index (χ3v) is 13.6. The predicted octanol–water partition coefficient (Wildman–Crippen LogP) is 3.84. The Morgan fingerprint density at radius 3 is 2.72 bits per heavy atom. The van der Waals surface area contributed by atoms with Gasteiger partial charge >= 0.3 is 11.9 Å². The molecule has 14 heteroatoms. The zero-order chi connectivity index (χ0) is 36.5. The normalized spacial score (nSPS) is 29.6. The van der Waals surface area contributed by atoms with Crippen LogP contribution < -0.4 is 29.6 Å². The number of hydrogen-bond donors (Lipinski definition) is 5. The first-order chi connectivity index (χ1) is 25.6. The van der Waals surface area contributed by atoms with Crippen molar-refractivity contribution in [1.82, 2.24) is 20.5 Å². The number of carbonyl (C=O) groups is 2. The number of H-pyrrole nitrogens is 1. The number of methoxy groups -OCH3 is 1. The Morgan fingerprint density at radius 1 is 1.09 bits per heavy atom. The smallest absolute Gasteiger partial charge is 0.333 e. The fraction of sp³-hybridized carbons (Fsp3) is 0.436. The van der Waals surface area contributed by atoms with Crippen molar-refractivity contribution in [2.45, 2.75) is 74.8 Å². The van der Waals surface area contributed by atoms with Gasteiger partial charge in [-0.3, -0.25) is 15.0 Å². The van der Waals surface area contributed by atoms with Crippen LogP contribution in [0.5, 0.6) is 28.7 Å². The number of fused-ring (bicyclic) bond motifs is 11. The molecule has 7 aliphatic heterocycles. The van der Waals surface area contributed by atoms with Crippen LogP contribution in [-0.2, 0) is 32.7 Å². The van der Waals surface area contributed by atoms with Gasteiger partial charge in [0.15, 0.2) is 28.5 Å². The minimum Gasteiger partial charge on any atom is -0.504 e. The van der Waals surface area contributed by atoms with E-state index in [0.29, 0.717) is 52.7 Å².